The van der Waals surface area contributed by atoms with Crippen molar-refractivity contribution in [3.05, 3.63) is 11.6 Å². The van der Waals surface area contributed by atoms with E-state index in [4.69, 9.17) is 28.4 Å². The summed E-state index contributed by atoms with van der Waals surface area (Å²) in [7, 11) is 0. The van der Waals surface area contributed by atoms with Crippen molar-refractivity contribution in [2.24, 2.45) is 50.7 Å². The van der Waals surface area contributed by atoms with Gasteiger partial charge in [0.2, 0.25) is 0 Å². The highest BCUT2D eigenvalue weighted by molar-refractivity contribution is 5.31. The molecular weight excluding hydrogens is 865 g/mol. The van der Waals surface area contributed by atoms with E-state index >= 15 is 0 Å². The van der Waals surface area contributed by atoms with E-state index in [9.17, 15) is 61.3 Å². The molecule has 0 aromatic heterocycles. The van der Waals surface area contributed by atoms with Crippen LogP contribution in [0, 0.1) is 50.7 Å². The van der Waals surface area contributed by atoms with E-state index in [2.05, 4.69) is 27.7 Å². The second-order valence-electron chi connectivity index (χ2n) is 22.7. The first-order chi connectivity index (χ1) is 31.1. The van der Waals surface area contributed by atoms with Crippen molar-refractivity contribution in [1.82, 2.24) is 0 Å². The number of aliphatic hydroxyl groups is 12. The van der Waals surface area contributed by atoms with Gasteiger partial charge in [-0.3, -0.25) is 0 Å². The molecule has 0 aromatic rings. The summed E-state index contributed by atoms with van der Waals surface area (Å²) in [5, 5.41) is 127. The molecule has 66 heavy (non-hydrogen) atoms. The van der Waals surface area contributed by atoms with Crippen molar-refractivity contribution in [2.75, 3.05) is 26.4 Å². The predicted molar refractivity (Wildman–Crippen MR) is 231 cm³/mol. The molecule has 3 saturated heterocycles. The first-order valence-electron chi connectivity index (χ1n) is 24.6. The largest absolute Gasteiger partial charge is 0.396 e. The lowest BCUT2D eigenvalue weighted by Crippen LogP contribution is -2.65. The van der Waals surface area contributed by atoms with Crippen LogP contribution >= 0.6 is 0 Å². The summed E-state index contributed by atoms with van der Waals surface area (Å²) < 4.78 is 35.2. The molecule has 5 saturated carbocycles. The van der Waals surface area contributed by atoms with Crippen LogP contribution in [0.4, 0.5) is 0 Å². The van der Waals surface area contributed by atoms with Crippen LogP contribution < -0.4 is 0 Å². The van der Waals surface area contributed by atoms with Crippen LogP contribution in [0.2, 0.25) is 0 Å². The molecule has 3 aliphatic heterocycles. The topological polar surface area (TPSA) is 298 Å². The smallest absolute Gasteiger partial charge is 0.187 e. The highest BCUT2D eigenvalue weighted by Crippen LogP contribution is 2.89. The lowest BCUT2D eigenvalue weighted by atomic mass is 9.41. The van der Waals surface area contributed by atoms with E-state index in [1.165, 1.54) is 6.92 Å². The highest BCUT2D eigenvalue weighted by Gasteiger charge is 2.82. The Morgan fingerprint density at radius 2 is 1.26 bits per heavy atom. The molecule has 8 aliphatic rings. The molecule has 26 atom stereocenters. The molecule has 0 amide bonds. The Labute approximate surface area is 387 Å². The molecule has 8 fully saturated rings. The maximum absolute atomic E-state index is 11.7. The summed E-state index contributed by atoms with van der Waals surface area (Å²) in [6, 6.07) is 0. The first-order valence-corrected chi connectivity index (χ1v) is 24.6. The van der Waals surface area contributed by atoms with Gasteiger partial charge in [0.05, 0.1) is 44.7 Å². The zero-order valence-corrected chi connectivity index (χ0v) is 39.4. The van der Waals surface area contributed by atoms with Crippen molar-refractivity contribution in [3.8, 4) is 0 Å². The molecular formula is C48H80O18. The summed E-state index contributed by atoms with van der Waals surface area (Å²) in [4.78, 5) is 0. The lowest BCUT2D eigenvalue weighted by Gasteiger charge is -2.64. The van der Waals surface area contributed by atoms with E-state index in [0.717, 1.165) is 56.9 Å². The third kappa shape index (κ3) is 8.00. The number of hydrogen-bond donors (Lipinski definition) is 12. The Balaban J connectivity index is 0.897. The summed E-state index contributed by atoms with van der Waals surface area (Å²) in [6.45, 7) is 11.3. The minimum Gasteiger partial charge on any atom is -0.396 e. The average molecular weight is 945 g/mol. The molecule has 0 aromatic carbocycles. The Hall–Kier alpha value is -0.980. The molecule has 12 N–H and O–H groups in total. The first kappa shape index (κ1) is 51.4. The summed E-state index contributed by atoms with van der Waals surface area (Å²) in [5.41, 5.74) is 0.320. The summed E-state index contributed by atoms with van der Waals surface area (Å²) >= 11 is 0. The van der Waals surface area contributed by atoms with Gasteiger partial charge in [0.15, 0.2) is 18.9 Å². The molecule has 18 nitrogen and oxygen atoms in total. The van der Waals surface area contributed by atoms with Crippen LogP contribution in [-0.4, -0.2) is 192 Å². The number of ether oxygens (including phenoxy) is 6. The van der Waals surface area contributed by atoms with E-state index in [0.29, 0.717) is 24.7 Å². The molecule has 0 bridgehead atoms. The van der Waals surface area contributed by atoms with Gasteiger partial charge >= 0.3 is 0 Å². The van der Waals surface area contributed by atoms with Gasteiger partial charge in [-0.1, -0.05) is 39.3 Å². The van der Waals surface area contributed by atoms with Crippen molar-refractivity contribution in [2.45, 2.75) is 210 Å². The Bertz CT molecular complexity index is 1720. The zero-order valence-electron chi connectivity index (χ0n) is 39.4. The van der Waals surface area contributed by atoms with Crippen LogP contribution in [0.5, 0.6) is 0 Å². The molecule has 0 radical (unpaired) electrons. The lowest BCUT2D eigenvalue weighted by molar-refractivity contribution is -0.366. The third-order valence-corrected chi connectivity index (χ3v) is 19.7. The fraction of sp³-hybridized carbons (Fsp3) is 0.958. The predicted octanol–water partition coefficient (Wildman–Crippen LogP) is -0.415. The summed E-state index contributed by atoms with van der Waals surface area (Å²) in [5.74, 6) is 0.953. The maximum atomic E-state index is 11.7. The minimum absolute atomic E-state index is 0.00607. The van der Waals surface area contributed by atoms with E-state index < -0.39 is 123 Å². The summed E-state index contributed by atoms with van der Waals surface area (Å²) in [6.07, 6.45) is -11.0. The van der Waals surface area contributed by atoms with E-state index in [1.54, 1.807) is 0 Å². The second-order valence-corrected chi connectivity index (χ2v) is 22.7. The quantitative estimate of drug-likeness (QED) is 0.0778. The van der Waals surface area contributed by atoms with Crippen molar-refractivity contribution >= 4 is 0 Å². The molecule has 380 valence electrons. The van der Waals surface area contributed by atoms with E-state index in [1.807, 2.05) is 13.0 Å². The van der Waals surface area contributed by atoms with Gasteiger partial charge in [-0.25, -0.2) is 0 Å². The van der Waals surface area contributed by atoms with Crippen LogP contribution in [0.1, 0.15) is 106 Å². The van der Waals surface area contributed by atoms with Gasteiger partial charge in [0.25, 0.3) is 0 Å². The van der Waals surface area contributed by atoms with Crippen LogP contribution in [0.3, 0.4) is 0 Å². The Morgan fingerprint density at radius 3 is 1.94 bits per heavy atom. The molecule has 5 aliphatic carbocycles. The zero-order chi connectivity index (χ0) is 48.1. The number of aliphatic hydroxyl groups excluding tert-OH is 12. The van der Waals surface area contributed by atoms with Gasteiger partial charge < -0.3 is 89.7 Å². The number of fused-ring (bicyclic) bond motifs is 2. The maximum Gasteiger partial charge on any atom is 0.187 e. The van der Waals surface area contributed by atoms with Gasteiger partial charge in [0, 0.05) is 5.41 Å². The molecule has 2 spiro atoms. The fourth-order valence-corrected chi connectivity index (χ4v) is 15.5. The monoisotopic (exact) mass is 945 g/mol. The van der Waals surface area contributed by atoms with Gasteiger partial charge in [0.1, 0.15) is 67.1 Å². The number of rotatable bonds is 14. The highest BCUT2D eigenvalue weighted by atomic mass is 16.7. The molecule has 18 heteroatoms. The van der Waals surface area contributed by atoms with Crippen LogP contribution in [0.25, 0.3) is 0 Å². The normalized spacial score (nSPS) is 54.7. The Kier molecular flexibility index (Phi) is 14.7. The SMILES string of the molecule is CC(=CCC(O)C(C)C1CCC2(C)C3CCC4C(C)(CO)C(OC5OC(CO)C(OC6OC(C)C(O)C(O)C6O)C(O)C5O)CCC45CC35CCC12C)COC1OC(CO)C(O)C(O)C1O. The van der Waals surface area contributed by atoms with Crippen LogP contribution in [-0.2, 0) is 28.4 Å². The average Bonchev–Trinajstić information content (AvgIpc) is 3.89. The second kappa shape index (κ2) is 18.9. The van der Waals surface area contributed by atoms with Crippen LogP contribution in [0.15, 0.2) is 11.6 Å². The van der Waals surface area contributed by atoms with Gasteiger partial charge in [-0.05, 0) is 123 Å². The van der Waals surface area contributed by atoms with Crippen molar-refractivity contribution in [3.63, 3.8) is 0 Å². The Morgan fingerprint density at radius 1 is 0.652 bits per heavy atom. The standard InChI is InChI=1S/C48H80O18/c1-22(19-61-41-37(58)35(56)33(54)27(17-49)63-41)7-8-26(52)23(2)25-11-13-46(6)30-10-9-29-44(4,21-51)31(12-14-47(29)20-48(30,47)16-15-45(25,46)5)65-43-39(60)36(57)40(28(18-50)64-43)66-42-38(59)34(55)32(53)24(3)62-42/h7,23-43,49-60H,8-21H2,1-6H3. The third-order valence-electron chi connectivity index (χ3n) is 19.7. The molecule has 26 unspecified atom stereocenters. The number of hydrogen-bond acceptors (Lipinski definition) is 18. The van der Waals surface area contributed by atoms with Gasteiger partial charge in [-0.2, -0.15) is 0 Å². The van der Waals surface area contributed by atoms with E-state index in [-0.39, 0.29) is 46.7 Å². The van der Waals surface area contributed by atoms with Gasteiger partial charge in [-0.15, -0.1) is 0 Å². The fourth-order valence-electron chi connectivity index (χ4n) is 15.5. The molecule has 3 heterocycles. The van der Waals surface area contributed by atoms with Crippen molar-refractivity contribution in [1.29, 1.82) is 0 Å². The minimum atomic E-state index is -1.67. The van der Waals surface area contributed by atoms with Crippen molar-refractivity contribution < 1.29 is 89.7 Å². The molecule has 8 rings (SSSR count).